The summed E-state index contributed by atoms with van der Waals surface area (Å²) in [6, 6.07) is 15.2. The molecule has 0 spiro atoms. The Bertz CT molecular complexity index is 2090. The second kappa shape index (κ2) is 11.7. The summed E-state index contributed by atoms with van der Waals surface area (Å²) >= 11 is 9.03. The number of nitrogens with one attached hydrogen (secondary N) is 2. The lowest BCUT2D eigenvalue weighted by atomic mass is 9.68. The van der Waals surface area contributed by atoms with Crippen molar-refractivity contribution in [3.8, 4) is 11.5 Å². The number of imide groups is 1. The number of H-pyrrole nitrogens is 1. The molecule has 9 nitrogen and oxygen atoms in total. The fraction of sp³-hybridized carbons (Fsp3) is 0.294. The van der Waals surface area contributed by atoms with Crippen molar-refractivity contribution in [1.29, 1.82) is 0 Å². The van der Waals surface area contributed by atoms with Crippen LogP contribution in [0, 0.1) is 29.6 Å². The van der Waals surface area contributed by atoms with Crippen LogP contribution in [-0.4, -0.2) is 39.7 Å². The van der Waals surface area contributed by atoms with E-state index in [1.807, 2.05) is 0 Å². The molecule has 15 heteroatoms. The Morgan fingerprint density at radius 3 is 2.49 bits per heavy atom. The molecule has 1 saturated heterocycles. The zero-order valence-corrected chi connectivity index (χ0v) is 27.5. The maximum absolute atomic E-state index is 14.0. The van der Waals surface area contributed by atoms with Crippen LogP contribution < -0.4 is 19.8 Å². The molecule has 1 aromatic heterocycles. The third-order valence-electron chi connectivity index (χ3n) is 9.97. The number of halogens is 4. The summed E-state index contributed by atoms with van der Waals surface area (Å²) in [5, 5.41) is 13.1. The van der Waals surface area contributed by atoms with E-state index in [-0.39, 0.29) is 45.9 Å². The minimum atomic E-state index is -4.65. The zero-order chi connectivity index (χ0) is 34.4. The van der Waals surface area contributed by atoms with Crippen LogP contribution >= 0.6 is 34.7 Å². The Morgan fingerprint density at radius 1 is 1.02 bits per heavy atom. The Balaban J connectivity index is 1.13. The van der Waals surface area contributed by atoms with E-state index in [0.717, 1.165) is 33.2 Å². The minimum absolute atomic E-state index is 0.0504. The normalized spacial score (nSPS) is 26.8. The summed E-state index contributed by atoms with van der Waals surface area (Å²) in [6.07, 6.45) is -4.08. The lowest BCUT2D eigenvalue weighted by Crippen LogP contribution is -2.42. The Kier molecular flexibility index (Phi) is 7.61. The molecule has 2 saturated carbocycles. The molecular formula is C34H25ClF3N3O6S2. The molecule has 8 rings (SSSR count). The largest absolute Gasteiger partial charge is 0.508 e. The standard InChI is InChI=1S/C34H25ClF3N3O6S2/c35-15-4-9-22(47-13-23(43)39-16-5-7-18(42)8-6-16)19(11-15)24-25-20-12-21(28(25)48-30-29(24)49-33(46)40-30)27-26(20)31(44)41(32(27)45)17-3-1-2-14(10-17)34(36,37)38/h1-11,20-21,24-28,42H,12-13H2,(H,39,43)(H,40,46)/t20-,21-,24+,25-,26+,27+,28-/m1/s1. The van der Waals surface area contributed by atoms with Gasteiger partial charge in [0, 0.05) is 32.3 Å². The number of aromatic amines is 1. The van der Waals surface area contributed by atoms with Crippen molar-refractivity contribution in [3.05, 3.63) is 97.4 Å². The van der Waals surface area contributed by atoms with Crippen LogP contribution in [0.3, 0.4) is 0 Å². The highest BCUT2D eigenvalue weighted by molar-refractivity contribution is 8.00. The average molecular weight is 728 g/mol. The third-order valence-corrected chi connectivity index (χ3v) is 12.8. The van der Waals surface area contributed by atoms with E-state index in [1.54, 1.807) is 30.3 Å². The summed E-state index contributed by atoms with van der Waals surface area (Å²) < 4.78 is 46.7. The van der Waals surface area contributed by atoms with Crippen LogP contribution in [0.1, 0.15) is 28.3 Å². The third kappa shape index (κ3) is 5.31. The summed E-state index contributed by atoms with van der Waals surface area (Å²) in [7, 11) is 0. The summed E-state index contributed by atoms with van der Waals surface area (Å²) in [6.45, 7) is -0.364. The van der Waals surface area contributed by atoms with Gasteiger partial charge in [0.25, 0.3) is 5.91 Å². The zero-order valence-electron chi connectivity index (χ0n) is 25.1. The Hall–Kier alpha value is -4.27. The van der Waals surface area contributed by atoms with E-state index < -0.39 is 47.2 Å². The quantitative estimate of drug-likeness (QED) is 0.153. The van der Waals surface area contributed by atoms with Gasteiger partial charge in [-0.1, -0.05) is 29.0 Å². The number of benzene rings is 3. The number of hydrogen-bond acceptors (Lipinski definition) is 8. The van der Waals surface area contributed by atoms with Gasteiger partial charge in [0.05, 0.1) is 28.1 Å². The monoisotopic (exact) mass is 727 g/mol. The highest BCUT2D eigenvalue weighted by Crippen LogP contribution is 2.69. The number of aromatic hydroxyl groups is 1. The van der Waals surface area contributed by atoms with Gasteiger partial charge in [-0.15, -0.1) is 11.8 Å². The average Bonchev–Trinajstić information content (AvgIpc) is 3.80. The number of nitrogens with zero attached hydrogens (tertiary/aromatic N) is 1. The number of rotatable bonds is 6. The molecule has 4 aliphatic rings. The summed E-state index contributed by atoms with van der Waals surface area (Å²) in [5.74, 6) is -3.85. The van der Waals surface area contributed by atoms with Gasteiger partial charge in [-0.25, -0.2) is 0 Å². The number of hydrogen-bond donors (Lipinski definition) is 3. The molecule has 4 aromatic rings. The predicted molar refractivity (Wildman–Crippen MR) is 176 cm³/mol. The number of carbonyl (C=O) groups is 3. The first-order valence-corrected chi connectivity index (χ1v) is 17.4. The van der Waals surface area contributed by atoms with E-state index >= 15 is 0 Å². The topological polar surface area (TPSA) is 129 Å². The van der Waals surface area contributed by atoms with Gasteiger partial charge < -0.3 is 20.1 Å². The maximum Gasteiger partial charge on any atom is 0.416 e. The van der Waals surface area contributed by atoms with Crippen LogP contribution in [-0.2, 0) is 20.6 Å². The van der Waals surface area contributed by atoms with Gasteiger partial charge in [-0.2, -0.15) is 13.2 Å². The van der Waals surface area contributed by atoms with Gasteiger partial charge in [-0.05, 0) is 84.8 Å². The number of thiazole rings is 1. The molecule has 3 heterocycles. The number of fused-ring (bicyclic) bond motifs is 9. The number of phenols is 1. The van der Waals surface area contributed by atoms with Gasteiger partial charge in [0.1, 0.15) is 11.5 Å². The predicted octanol–water partition coefficient (Wildman–Crippen LogP) is 6.51. The molecule has 3 fully saturated rings. The first-order valence-electron chi connectivity index (χ1n) is 15.3. The number of alkyl halides is 3. The number of ether oxygens (including phenoxy) is 1. The molecule has 3 amide bonds. The van der Waals surface area contributed by atoms with Crippen molar-refractivity contribution in [2.45, 2.75) is 28.8 Å². The molecule has 49 heavy (non-hydrogen) atoms. The molecule has 3 N–H and O–H groups in total. The van der Waals surface area contributed by atoms with Crippen molar-refractivity contribution >= 4 is 63.8 Å². The van der Waals surface area contributed by atoms with Gasteiger partial charge >= 0.3 is 11.0 Å². The molecule has 252 valence electrons. The van der Waals surface area contributed by atoms with E-state index in [1.165, 1.54) is 36.0 Å². The molecule has 2 aliphatic carbocycles. The van der Waals surface area contributed by atoms with Crippen LogP contribution in [0.15, 0.2) is 76.6 Å². The fourth-order valence-electron chi connectivity index (χ4n) is 8.22. The highest BCUT2D eigenvalue weighted by Gasteiger charge is 2.70. The van der Waals surface area contributed by atoms with Crippen molar-refractivity contribution in [1.82, 2.24) is 4.98 Å². The number of amides is 3. The van der Waals surface area contributed by atoms with E-state index in [9.17, 15) is 37.5 Å². The number of anilines is 2. The van der Waals surface area contributed by atoms with Crippen molar-refractivity contribution in [3.63, 3.8) is 0 Å². The van der Waals surface area contributed by atoms with Crippen LogP contribution in [0.5, 0.6) is 11.5 Å². The smallest absolute Gasteiger partial charge is 0.416 e. The van der Waals surface area contributed by atoms with Crippen molar-refractivity contribution < 1.29 is 37.4 Å². The number of phenolic OH excluding ortho intramolecular Hbond substituents is 1. The number of aromatic nitrogens is 1. The Morgan fingerprint density at radius 2 is 1.76 bits per heavy atom. The molecule has 2 aliphatic heterocycles. The molecule has 3 aromatic carbocycles. The van der Waals surface area contributed by atoms with Gasteiger partial charge in [0.2, 0.25) is 11.8 Å². The molecule has 0 radical (unpaired) electrons. The number of carbonyl (C=O) groups excluding carboxylic acids is 3. The van der Waals surface area contributed by atoms with Crippen molar-refractivity contribution in [2.24, 2.45) is 29.6 Å². The SMILES string of the molecule is O=C(COc1ccc(Cl)cc1[C@@H]1c2sc(=O)[nH]c2S[C@@H]2[C@@H]3C[C@@H]([C@@H]4C(=O)N(c5cccc(C(F)(F)F)c5)C(=O)[C@@H]34)[C@H]12)Nc1ccc(O)cc1. The summed E-state index contributed by atoms with van der Waals surface area (Å²) in [5.41, 5.74) is 0.0225. The van der Waals surface area contributed by atoms with Crippen molar-refractivity contribution in [2.75, 3.05) is 16.8 Å². The molecular weight excluding hydrogens is 703 g/mol. The minimum Gasteiger partial charge on any atom is -0.508 e. The maximum atomic E-state index is 14.0. The van der Waals surface area contributed by atoms with E-state index in [2.05, 4.69) is 10.3 Å². The molecule has 7 atom stereocenters. The highest BCUT2D eigenvalue weighted by atomic mass is 35.5. The lowest BCUT2D eigenvalue weighted by Gasteiger charge is -2.43. The van der Waals surface area contributed by atoms with Gasteiger partial charge in [-0.3, -0.25) is 24.1 Å². The Labute approximate surface area is 289 Å². The summed E-state index contributed by atoms with van der Waals surface area (Å²) in [4.78, 5) is 57.8. The van der Waals surface area contributed by atoms with E-state index in [0.29, 0.717) is 33.5 Å². The van der Waals surface area contributed by atoms with Gasteiger partial charge in [0.15, 0.2) is 6.61 Å². The van der Waals surface area contributed by atoms with Crippen LogP contribution in [0.2, 0.25) is 5.02 Å². The second-order valence-electron chi connectivity index (χ2n) is 12.6. The van der Waals surface area contributed by atoms with Crippen LogP contribution in [0.25, 0.3) is 0 Å². The first-order chi connectivity index (χ1) is 23.4. The van der Waals surface area contributed by atoms with E-state index in [4.69, 9.17) is 16.3 Å². The first kappa shape index (κ1) is 32.0. The second-order valence-corrected chi connectivity index (χ2v) is 15.2. The molecule has 0 unspecified atom stereocenters. The lowest BCUT2D eigenvalue weighted by molar-refractivity contribution is -0.137. The van der Waals surface area contributed by atoms with Crippen LogP contribution in [0.4, 0.5) is 24.5 Å². The molecule has 2 bridgehead atoms. The number of thioether (sulfide) groups is 1. The fourth-order valence-corrected chi connectivity index (χ4v) is 11.3.